The lowest BCUT2D eigenvalue weighted by Gasteiger charge is -2.35. The van der Waals surface area contributed by atoms with Gasteiger partial charge in [0.2, 0.25) is 10.0 Å². The molecule has 26 heavy (non-hydrogen) atoms. The maximum Gasteiger partial charge on any atom is 0.220 e. The SMILES string of the molecule is O=S(=O)(Cc1noc2ccccc12)N1CCNCC1c1cccc(Cl)c1. The van der Waals surface area contributed by atoms with Crippen LogP contribution in [0.4, 0.5) is 0 Å². The summed E-state index contributed by atoms with van der Waals surface area (Å²) in [4.78, 5) is 0. The molecule has 0 amide bonds. The third kappa shape index (κ3) is 3.35. The van der Waals surface area contributed by atoms with Gasteiger partial charge in [-0.1, -0.05) is 41.0 Å². The van der Waals surface area contributed by atoms with Gasteiger partial charge in [-0.3, -0.25) is 0 Å². The van der Waals surface area contributed by atoms with Gasteiger partial charge in [0.05, 0.1) is 6.04 Å². The first kappa shape index (κ1) is 17.5. The number of piperazine rings is 1. The summed E-state index contributed by atoms with van der Waals surface area (Å²) in [6.45, 7) is 1.55. The summed E-state index contributed by atoms with van der Waals surface area (Å²) in [5.74, 6) is -0.193. The second-order valence-corrected chi connectivity index (χ2v) is 8.63. The third-order valence-electron chi connectivity index (χ3n) is 4.56. The molecule has 136 valence electrons. The Morgan fingerprint density at radius 1 is 1.23 bits per heavy atom. The zero-order valence-corrected chi connectivity index (χ0v) is 15.5. The van der Waals surface area contributed by atoms with E-state index < -0.39 is 10.0 Å². The zero-order chi connectivity index (χ0) is 18.1. The van der Waals surface area contributed by atoms with Gasteiger partial charge in [0.1, 0.15) is 11.4 Å². The number of halogens is 1. The van der Waals surface area contributed by atoms with Crippen LogP contribution in [0.5, 0.6) is 0 Å². The highest BCUT2D eigenvalue weighted by atomic mass is 35.5. The average Bonchev–Trinajstić information content (AvgIpc) is 3.04. The first-order valence-corrected chi connectivity index (χ1v) is 10.3. The Labute approximate surface area is 156 Å². The summed E-state index contributed by atoms with van der Waals surface area (Å²) < 4.78 is 33.1. The van der Waals surface area contributed by atoms with Gasteiger partial charge in [0.25, 0.3) is 0 Å². The summed E-state index contributed by atoms with van der Waals surface area (Å²) in [6.07, 6.45) is 0. The number of aromatic nitrogens is 1. The molecule has 0 saturated carbocycles. The van der Waals surface area contributed by atoms with E-state index in [1.165, 1.54) is 0 Å². The van der Waals surface area contributed by atoms with Crippen molar-refractivity contribution in [2.75, 3.05) is 19.6 Å². The van der Waals surface area contributed by atoms with Crippen molar-refractivity contribution in [3.63, 3.8) is 0 Å². The molecule has 0 spiro atoms. The van der Waals surface area contributed by atoms with Gasteiger partial charge < -0.3 is 9.84 Å². The van der Waals surface area contributed by atoms with E-state index in [4.69, 9.17) is 16.1 Å². The fourth-order valence-corrected chi connectivity index (χ4v) is 5.19. The van der Waals surface area contributed by atoms with Crippen LogP contribution in [0, 0.1) is 0 Å². The highest BCUT2D eigenvalue weighted by molar-refractivity contribution is 7.88. The normalized spacial score (nSPS) is 19.0. The highest BCUT2D eigenvalue weighted by Gasteiger charge is 2.34. The zero-order valence-electron chi connectivity index (χ0n) is 13.9. The number of fused-ring (bicyclic) bond motifs is 1. The first-order chi connectivity index (χ1) is 12.5. The molecule has 1 fully saturated rings. The Morgan fingerprint density at radius 2 is 2.08 bits per heavy atom. The Hall–Kier alpha value is -1.93. The molecule has 0 radical (unpaired) electrons. The molecule has 1 aromatic heterocycles. The van der Waals surface area contributed by atoms with Crippen LogP contribution in [0.1, 0.15) is 17.3 Å². The number of benzene rings is 2. The molecule has 0 aliphatic carbocycles. The van der Waals surface area contributed by atoms with Crippen molar-refractivity contribution in [3.05, 3.63) is 64.8 Å². The number of para-hydroxylation sites is 1. The van der Waals surface area contributed by atoms with Crippen LogP contribution in [-0.4, -0.2) is 37.5 Å². The number of nitrogens with zero attached hydrogens (tertiary/aromatic N) is 2. The van der Waals surface area contributed by atoms with Crippen LogP contribution in [0.15, 0.2) is 53.1 Å². The molecular formula is C18H18ClN3O3S. The minimum atomic E-state index is -3.58. The van der Waals surface area contributed by atoms with Gasteiger partial charge in [-0.2, -0.15) is 4.31 Å². The van der Waals surface area contributed by atoms with Crippen molar-refractivity contribution in [1.29, 1.82) is 0 Å². The van der Waals surface area contributed by atoms with Crippen LogP contribution in [0.2, 0.25) is 5.02 Å². The van der Waals surface area contributed by atoms with Gasteiger partial charge in [-0.15, -0.1) is 0 Å². The molecule has 1 aliphatic heterocycles. The maximum absolute atomic E-state index is 13.1. The minimum Gasteiger partial charge on any atom is -0.356 e. The first-order valence-electron chi connectivity index (χ1n) is 8.33. The Balaban J connectivity index is 1.66. The van der Waals surface area contributed by atoms with Crippen LogP contribution in [-0.2, 0) is 15.8 Å². The Morgan fingerprint density at radius 3 is 2.92 bits per heavy atom. The Kier molecular flexibility index (Phi) is 4.71. The molecule has 4 rings (SSSR count). The average molecular weight is 392 g/mol. The molecule has 3 aromatic rings. The van der Waals surface area contributed by atoms with Crippen molar-refractivity contribution < 1.29 is 12.9 Å². The van der Waals surface area contributed by atoms with Crippen molar-refractivity contribution in [2.45, 2.75) is 11.8 Å². The van der Waals surface area contributed by atoms with Crippen molar-refractivity contribution in [1.82, 2.24) is 14.8 Å². The van der Waals surface area contributed by atoms with Gasteiger partial charge in [-0.05, 0) is 29.8 Å². The summed E-state index contributed by atoms with van der Waals surface area (Å²) in [6, 6.07) is 14.3. The third-order valence-corrected chi connectivity index (χ3v) is 6.58. The fraction of sp³-hybridized carbons (Fsp3) is 0.278. The van der Waals surface area contributed by atoms with E-state index in [0.29, 0.717) is 35.9 Å². The smallest absolute Gasteiger partial charge is 0.220 e. The van der Waals surface area contributed by atoms with E-state index in [9.17, 15) is 8.42 Å². The minimum absolute atomic E-state index is 0.193. The van der Waals surface area contributed by atoms with E-state index in [0.717, 1.165) is 10.9 Å². The summed E-state index contributed by atoms with van der Waals surface area (Å²) in [5.41, 5.74) is 1.90. The predicted molar refractivity (Wildman–Crippen MR) is 100 cm³/mol. The Bertz CT molecular complexity index is 1030. The molecule has 1 N–H and O–H groups in total. The molecule has 1 atom stereocenters. The molecule has 8 heteroatoms. The van der Waals surface area contributed by atoms with Gasteiger partial charge in [0.15, 0.2) is 5.58 Å². The van der Waals surface area contributed by atoms with E-state index in [1.807, 2.05) is 36.4 Å². The van der Waals surface area contributed by atoms with E-state index in [2.05, 4.69) is 10.5 Å². The quantitative estimate of drug-likeness (QED) is 0.740. The number of hydrogen-bond donors (Lipinski definition) is 1. The predicted octanol–water partition coefficient (Wildman–Crippen LogP) is 2.96. The van der Waals surface area contributed by atoms with Crippen molar-refractivity contribution in [3.8, 4) is 0 Å². The molecule has 1 saturated heterocycles. The van der Waals surface area contributed by atoms with Crippen LogP contribution >= 0.6 is 11.6 Å². The number of hydrogen-bond acceptors (Lipinski definition) is 5. The largest absolute Gasteiger partial charge is 0.356 e. The lowest BCUT2D eigenvalue weighted by atomic mass is 10.1. The molecule has 6 nitrogen and oxygen atoms in total. The molecule has 2 heterocycles. The maximum atomic E-state index is 13.1. The van der Waals surface area contributed by atoms with Gasteiger partial charge in [-0.25, -0.2) is 8.42 Å². The molecule has 2 aromatic carbocycles. The van der Waals surface area contributed by atoms with Gasteiger partial charge in [0, 0.05) is 30.0 Å². The molecule has 1 unspecified atom stereocenters. The van der Waals surface area contributed by atoms with Gasteiger partial charge >= 0.3 is 0 Å². The van der Waals surface area contributed by atoms with Crippen LogP contribution in [0.25, 0.3) is 11.0 Å². The number of rotatable bonds is 4. The van der Waals surface area contributed by atoms with Crippen LogP contribution in [0.3, 0.4) is 0 Å². The number of sulfonamides is 1. The monoisotopic (exact) mass is 391 g/mol. The summed E-state index contributed by atoms with van der Waals surface area (Å²) in [5, 5.41) is 8.55. The fourth-order valence-electron chi connectivity index (χ4n) is 3.31. The summed E-state index contributed by atoms with van der Waals surface area (Å²) >= 11 is 6.10. The second kappa shape index (κ2) is 7.00. The van der Waals surface area contributed by atoms with E-state index >= 15 is 0 Å². The topological polar surface area (TPSA) is 75.4 Å². The van der Waals surface area contributed by atoms with Crippen molar-refractivity contribution >= 4 is 32.6 Å². The standard InChI is InChI=1S/C18H18ClN3O3S/c19-14-5-3-4-13(10-14)17-11-20-8-9-22(17)26(23,24)12-16-15-6-1-2-7-18(15)25-21-16/h1-7,10,17,20H,8-9,11-12H2. The van der Waals surface area contributed by atoms with Crippen LogP contribution < -0.4 is 5.32 Å². The second-order valence-electron chi connectivity index (χ2n) is 6.27. The van der Waals surface area contributed by atoms with E-state index in [-0.39, 0.29) is 11.8 Å². The highest BCUT2D eigenvalue weighted by Crippen LogP contribution is 2.29. The number of nitrogens with one attached hydrogen (secondary N) is 1. The van der Waals surface area contributed by atoms with Crippen molar-refractivity contribution in [2.24, 2.45) is 0 Å². The molecular weight excluding hydrogens is 374 g/mol. The lowest BCUT2D eigenvalue weighted by molar-refractivity contribution is 0.271. The summed E-state index contributed by atoms with van der Waals surface area (Å²) in [7, 11) is -3.58. The molecule has 0 bridgehead atoms. The molecule has 1 aliphatic rings. The lowest BCUT2D eigenvalue weighted by Crippen LogP contribution is -2.48. The van der Waals surface area contributed by atoms with E-state index in [1.54, 1.807) is 16.4 Å².